The summed E-state index contributed by atoms with van der Waals surface area (Å²) in [5.74, 6) is 1.10. The van der Waals surface area contributed by atoms with E-state index in [2.05, 4.69) is 54.5 Å². The zero-order chi connectivity index (χ0) is 23.8. The second-order valence-electron chi connectivity index (χ2n) is 10.5. The van der Waals surface area contributed by atoms with Crippen LogP contribution >= 0.6 is 11.6 Å². The van der Waals surface area contributed by atoms with Gasteiger partial charge in [0.25, 0.3) is 0 Å². The number of hydrogen-bond acceptors (Lipinski definition) is 5. The highest BCUT2D eigenvalue weighted by molar-refractivity contribution is 6.74. The minimum atomic E-state index is -1.74. The molecule has 1 aliphatic heterocycles. The highest BCUT2D eigenvalue weighted by atomic mass is 35.5. The van der Waals surface area contributed by atoms with E-state index in [-0.39, 0.29) is 11.1 Å². The lowest BCUT2D eigenvalue weighted by molar-refractivity contribution is 0.133. The normalized spacial score (nSPS) is 21.4. The predicted octanol–water partition coefficient (Wildman–Crippen LogP) is 6.43. The van der Waals surface area contributed by atoms with E-state index in [1.54, 1.807) is 17.2 Å². The summed E-state index contributed by atoms with van der Waals surface area (Å²) in [6.07, 6.45) is 6.24. The Hall–Kier alpha value is -2.16. The summed E-state index contributed by atoms with van der Waals surface area (Å²) in [5, 5.41) is 7.10. The van der Waals surface area contributed by atoms with Crippen molar-refractivity contribution in [2.24, 2.45) is 0 Å². The van der Waals surface area contributed by atoms with Gasteiger partial charge in [0.2, 0.25) is 5.95 Å². The van der Waals surface area contributed by atoms with Crippen LogP contribution in [0.25, 0.3) is 0 Å². The molecule has 0 spiro atoms. The molecule has 0 atom stereocenters. The smallest absolute Gasteiger partial charge is 0.327 e. The molecule has 33 heavy (non-hydrogen) atoms. The molecule has 1 aliphatic carbocycles. The number of hydrogen-bond donors (Lipinski definition) is 2. The minimum absolute atomic E-state index is 0.227. The maximum absolute atomic E-state index is 12.7. The number of amides is 2. The number of nitrogens with zero attached hydrogens (tertiary/aromatic N) is 3. The van der Waals surface area contributed by atoms with Crippen LogP contribution in [0.4, 0.5) is 22.2 Å². The molecule has 7 nitrogen and oxygen atoms in total. The second-order valence-corrected chi connectivity index (χ2v) is 15.7. The van der Waals surface area contributed by atoms with Gasteiger partial charge < -0.3 is 9.74 Å². The third-order valence-electron chi connectivity index (χ3n) is 7.08. The fraction of sp³-hybridized carbons (Fsp3) is 0.542. The molecule has 2 amide bonds. The maximum atomic E-state index is 12.7. The standard InChI is InChI=1S/C24H34ClN5O2Si/c1-24(2,3)33(4,5)32-18-12-10-17(11-13-18)27-22-26-14-16-15-30(23(31)29-21(16)28-22)20-9-7-6-8-19(20)25/h6-9,14,17-18H,10-13,15H2,1-5H3,(H2,26,27,28,29,31). The first kappa shape index (κ1) is 24.0. The molecule has 0 bridgehead atoms. The highest BCUT2D eigenvalue weighted by Gasteiger charge is 2.40. The molecule has 1 aromatic heterocycles. The molecule has 1 saturated carbocycles. The number of para-hydroxylation sites is 1. The van der Waals surface area contributed by atoms with E-state index >= 15 is 0 Å². The maximum Gasteiger partial charge on any atom is 0.327 e. The van der Waals surface area contributed by atoms with E-state index < -0.39 is 8.32 Å². The lowest BCUT2D eigenvalue weighted by atomic mass is 9.93. The fourth-order valence-electron chi connectivity index (χ4n) is 4.08. The van der Waals surface area contributed by atoms with Gasteiger partial charge in [-0.05, 0) is 55.9 Å². The molecule has 2 N–H and O–H groups in total. The van der Waals surface area contributed by atoms with Crippen LogP contribution in [-0.4, -0.2) is 36.5 Å². The van der Waals surface area contributed by atoms with E-state index in [9.17, 15) is 4.79 Å². The van der Waals surface area contributed by atoms with E-state index in [0.29, 0.717) is 41.2 Å². The van der Waals surface area contributed by atoms with Gasteiger partial charge in [-0.2, -0.15) is 4.98 Å². The van der Waals surface area contributed by atoms with Gasteiger partial charge in [-0.25, -0.2) is 9.78 Å². The molecular formula is C24H34ClN5O2Si. The predicted molar refractivity (Wildman–Crippen MR) is 137 cm³/mol. The molecule has 4 rings (SSSR count). The summed E-state index contributed by atoms with van der Waals surface area (Å²) in [6, 6.07) is 7.36. The van der Waals surface area contributed by atoms with Gasteiger partial charge in [0, 0.05) is 23.9 Å². The fourth-order valence-corrected chi connectivity index (χ4v) is 5.74. The van der Waals surface area contributed by atoms with Gasteiger partial charge >= 0.3 is 6.03 Å². The van der Waals surface area contributed by atoms with Crippen molar-refractivity contribution in [1.82, 2.24) is 9.97 Å². The van der Waals surface area contributed by atoms with Gasteiger partial charge in [-0.15, -0.1) is 0 Å². The Balaban J connectivity index is 1.36. The molecule has 0 saturated heterocycles. The van der Waals surface area contributed by atoms with Crippen molar-refractivity contribution in [2.45, 2.75) is 83.3 Å². The molecule has 0 radical (unpaired) electrons. The first-order chi connectivity index (χ1) is 15.5. The van der Waals surface area contributed by atoms with Crippen molar-refractivity contribution >= 4 is 43.4 Å². The number of carbonyl (C=O) groups is 1. The Kier molecular flexibility index (Phi) is 6.71. The molecule has 178 valence electrons. The first-order valence-electron chi connectivity index (χ1n) is 11.7. The average molecular weight is 488 g/mol. The quantitative estimate of drug-likeness (QED) is 0.475. The second kappa shape index (κ2) is 9.23. The molecule has 0 unspecified atom stereocenters. The van der Waals surface area contributed by atoms with E-state index in [1.807, 2.05) is 18.2 Å². The molecule has 1 fully saturated rings. The number of nitrogens with one attached hydrogen (secondary N) is 2. The van der Waals surface area contributed by atoms with Gasteiger partial charge in [-0.1, -0.05) is 44.5 Å². The number of carbonyl (C=O) groups excluding carboxylic acids is 1. The van der Waals surface area contributed by atoms with Crippen LogP contribution < -0.4 is 15.5 Å². The summed E-state index contributed by atoms with van der Waals surface area (Å²) in [7, 11) is -1.74. The largest absolute Gasteiger partial charge is 0.414 e. The minimum Gasteiger partial charge on any atom is -0.414 e. The number of halogens is 1. The van der Waals surface area contributed by atoms with E-state index in [1.165, 1.54) is 0 Å². The Morgan fingerprint density at radius 3 is 2.55 bits per heavy atom. The lowest BCUT2D eigenvalue weighted by Crippen LogP contribution is -2.45. The number of benzene rings is 1. The SMILES string of the molecule is CC(C)(C)[Si](C)(C)OC1CCC(Nc2ncc3c(n2)NC(=O)N(c2ccccc2Cl)C3)CC1. The molecule has 9 heteroatoms. The monoisotopic (exact) mass is 487 g/mol. The average Bonchev–Trinajstić information content (AvgIpc) is 2.74. The summed E-state index contributed by atoms with van der Waals surface area (Å²) < 4.78 is 6.60. The first-order valence-corrected chi connectivity index (χ1v) is 15.0. The van der Waals surface area contributed by atoms with Crippen LogP contribution in [0.3, 0.4) is 0 Å². The molecular weight excluding hydrogens is 454 g/mol. The van der Waals surface area contributed by atoms with Crippen LogP contribution in [0.5, 0.6) is 0 Å². The highest BCUT2D eigenvalue weighted by Crippen LogP contribution is 2.39. The summed E-state index contributed by atoms with van der Waals surface area (Å²) in [6.45, 7) is 11.9. The van der Waals surface area contributed by atoms with Gasteiger partial charge in [-0.3, -0.25) is 10.2 Å². The van der Waals surface area contributed by atoms with Gasteiger partial charge in [0.1, 0.15) is 5.82 Å². The number of fused-ring (bicyclic) bond motifs is 1. The van der Waals surface area contributed by atoms with Crippen LogP contribution in [0.15, 0.2) is 30.5 Å². The van der Waals surface area contributed by atoms with E-state index in [4.69, 9.17) is 16.0 Å². The number of rotatable bonds is 5. The van der Waals surface area contributed by atoms with Crippen molar-refractivity contribution in [2.75, 3.05) is 15.5 Å². The van der Waals surface area contributed by atoms with Crippen LogP contribution in [0.1, 0.15) is 52.0 Å². The Morgan fingerprint density at radius 1 is 1.18 bits per heavy atom. The third-order valence-corrected chi connectivity index (χ3v) is 11.9. The topological polar surface area (TPSA) is 79.4 Å². The molecule has 2 heterocycles. The Morgan fingerprint density at radius 2 is 1.88 bits per heavy atom. The van der Waals surface area contributed by atoms with Crippen LogP contribution in [0, 0.1) is 0 Å². The Bertz CT molecular complexity index is 1020. The molecule has 2 aliphatic rings. The van der Waals surface area contributed by atoms with Gasteiger partial charge in [0.05, 0.1) is 17.3 Å². The van der Waals surface area contributed by atoms with Crippen LogP contribution in [-0.2, 0) is 11.0 Å². The third kappa shape index (κ3) is 5.33. The summed E-state index contributed by atoms with van der Waals surface area (Å²) >= 11 is 6.28. The van der Waals surface area contributed by atoms with Crippen molar-refractivity contribution in [3.63, 3.8) is 0 Å². The number of urea groups is 1. The number of aromatic nitrogens is 2. The zero-order valence-electron chi connectivity index (χ0n) is 20.1. The molecule has 1 aromatic carbocycles. The molecule has 2 aromatic rings. The van der Waals surface area contributed by atoms with Crippen molar-refractivity contribution < 1.29 is 9.22 Å². The van der Waals surface area contributed by atoms with Crippen molar-refractivity contribution in [3.05, 3.63) is 41.0 Å². The van der Waals surface area contributed by atoms with Crippen molar-refractivity contribution in [1.29, 1.82) is 0 Å². The van der Waals surface area contributed by atoms with Crippen LogP contribution in [0.2, 0.25) is 23.2 Å². The van der Waals surface area contributed by atoms with E-state index in [0.717, 1.165) is 31.2 Å². The summed E-state index contributed by atoms with van der Waals surface area (Å²) in [5.41, 5.74) is 1.52. The van der Waals surface area contributed by atoms with Gasteiger partial charge in [0.15, 0.2) is 8.32 Å². The lowest BCUT2D eigenvalue weighted by Gasteiger charge is -2.41. The Labute approximate surface area is 202 Å². The zero-order valence-corrected chi connectivity index (χ0v) is 21.9. The number of anilines is 3. The summed E-state index contributed by atoms with van der Waals surface area (Å²) in [4.78, 5) is 23.4. The van der Waals surface area contributed by atoms with Crippen molar-refractivity contribution in [3.8, 4) is 0 Å².